The Hall–Kier alpha value is -2.15. The van der Waals surface area contributed by atoms with E-state index in [1.807, 2.05) is 0 Å². The molecular formula is C17H20N2O4S. The van der Waals surface area contributed by atoms with Gasteiger partial charge < -0.3 is 14.6 Å². The van der Waals surface area contributed by atoms with Crippen LogP contribution in [0, 0.1) is 12.8 Å². The van der Waals surface area contributed by atoms with Crippen LogP contribution in [0.5, 0.6) is 0 Å². The smallest absolute Gasteiger partial charge is 0.341 e. The summed E-state index contributed by atoms with van der Waals surface area (Å²) in [5, 5.41) is 7.05. The van der Waals surface area contributed by atoms with Gasteiger partial charge in [-0.1, -0.05) is 18.5 Å². The molecule has 24 heavy (non-hydrogen) atoms. The van der Waals surface area contributed by atoms with Crippen LogP contribution < -0.4 is 5.32 Å². The summed E-state index contributed by atoms with van der Waals surface area (Å²) < 4.78 is 9.86. The summed E-state index contributed by atoms with van der Waals surface area (Å²) in [7, 11) is 1.36. The predicted molar refractivity (Wildman–Crippen MR) is 90.7 cm³/mol. The van der Waals surface area contributed by atoms with E-state index < -0.39 is 5.97 Å². The highest BCUT2D eigenvalue weighted by Gasteiger charge is 2.30. The number of amides is 1. The van der Waals surface area contributed by atoms with Gasteiger partial charge >= 0.3 is 5.97 Å². The molecule has 2 heterocycles. The molecule has 0 unspecified atom stereocenters. The van der Waals surface area contributed by atoms with E-state index >= 15 is 0 Å². The second-order valence-electron chi connectivity index (χ2n) is 5.99. The first kappa shape index (κ1) is 16.7. The van der Waals surface area contributed by atoms with Crippen LogP contribution in [0.1, 0.15) is 56.8 Å². The SMILES string of the molecule is CC[C@H]1CCc2c(sc(NC(=O)c3cc(C)on3)c2C(=O)OC)C1. The van der Waals surface area contributed by atoms with Gasteiger partial charge in [0.1, 0.15) is 10.8 Å². The number of thiophene rings is 1. The van der Waals surface area contributed by atoms with Gasteiger partial charge in [0.2, 0.25) is 0 Å². The molecule has 1 N–H and O–H groups in total. The summed E-state index contributed by atoms with van der Waals surface area (Å²) in [6.07, 6.45) is 3.96. The maximum absolute atomic E-state index is 12.3. The van der Waals surface area contributed by atoms with E-state index in [9.17, 15) is 9.59 Å². The van der Waals surface area contributed by atoms with Gasteiger partial charge in [0.25, 0.3) is 5.91 Å². The van der Waals surface area contributed by atoms with Gasteiger partial charge in [-0.15, -0.1) is 11.3 Å². The molecular weight excluding hydrogens is 328 g/mol. The second kappa shape index (κ2) is 6.76. The summed E-state index contributed by atoms with van der Waals surface area (Å²) >= 11 is 1.46. The number of aromatic nitrogens is 1. The Labute approximate surface area is 144 Å². The second-order valence-corrected chi connectivity index (χ2v) is 7.10. The van der Waals surface area contributed by atoms with Crippen molar-refractivity contribution in [2.75, 3.05) is 12.4 Å². The van der Waals surface area contributed by atoms with Gasteiger partial charge in [-0.25, -0.2) is 4.79 Å². The Morgan fingerprint density at radius 3 is 2.92 bits per heavy atom. The fourth-order valence-corrected chi connectivity index (χ4v) is 4.39. The summed E-state index contributed by atoms with van der Waals surface area (Å²) in [5.74, 6) is 0.393. The Bertz CT molecular complexity index is 778. The number of methoxy groups -OCH3 is 1. The van der Waals surface area contributed by atoms with E-state index in [2.05, 4.69) is 17.4 Å². The molecule has 0 saturated carbocycles. The van der Waals surface area contributed by atoms with Crippen LogP contribution >= 0.6 is 11.3 Å². The molecule has 0 aliphatic heterocycles. The van der Waals surface area contributed by atoms with Crippen molar-refractivity contribution in [2.45, 2.75) is 39.5 Å². The average molecular weight is 348 g/mol. The highest BCUT2D eigenvalue weighted by atomic mass is 32.1. The van der Waals surface area contributed by atoms with Crippen molar-refractivity contribution in [3.8, 4) is 0 Å². The monoisotopic (exact) mass is 348 g/mol. The fourth-order valence-electron chi connectivity index (χ4n) is 3.05. The number of anilines is 1. The van der Waals surface area contributed by atoms with Crippen LogP contribution in [0.25, 0.3) is 0 Å². The molecule has 0 spiro atoms. The molecule has 0 fully saturated rings. The zero-order valence-electron chi connectivity index (χ0n) is 14.0. The fraction of sp³-hybridized carbons (Fsp3) is 0.471. The number of nitrogens with one attached hydrogen (secondary N) is 1. The molecule has 0 bridgehead atoms. The molecule has 0 saturated heterocycles. The molecule has 1 atom stereocenters. The third-order valence-corrected chi connectivity index (χ3v) is 5.59. The number of aryl methyl sites for hydroxylation is 1. The van der Waals surface area contributed by atoms with Crippen molar-refractivity contribution in [3.63, 3.8) is 0 Å². The van der Waals surface area contributed by atoms with Crippen molar-refractivity contribution in [3.05, 3.63) is 33.5 Å². The Balaban J connectivity index is 1.93. The summed E-state index contributed by atoms with van der Waals surface area (Å²) in [4.78, 5) is 25.8. The first-order chi connectivity index (χ1) is 11.5. The molecule has 0 radical (unpaired) electrons. The summed E-state index contributed by atoms with van der Waals surface area (Å²) in [5.41, 5.74) is 1.70. The number of hydrogen-bond donors (Lipinski definition) is 1. The van der Waals surface area contributed by atoms with Crippen molar-refractivity contribution < 1.29 is 18.8 Å². The van der Waals surface area contributed by atoms with Gasteiger partial charge in [-0.05, 0) is 37.7 Å². The molecule has 2 aromatic heterocycles. The number of ether oxygens (including phenoxy) is 1. The van der Waals surface area contributed by atoms with E-state index in [0.29, 0.717) is 22.2 Å². The van der Waals surface area contributed by atoms with E-state index in [4.69, 9.17) is 9.26 Å². The quantitative estimate of drug-likeness (QED) is 0.854. The molecule has 128 valence electrons. The van der Waals surface area contributed by atoms with E-state index in [-0.39, 0.29) is 11.6 Å². The maximum Gasteiger partial charge on any atom is 0.341 e. The zero-order chi connectivity index (χ0) is 17.3. The lowest BCUT2D eigenvalue weighted by atomic mass is 9.85. The first-order valence-corrected chi connectivity index (χ1v) is 8.82. The van der Waals surface area contributed by atoms with E-state index in [1.54, 1.807) is 13.0 Å². The van der Waals surface area contributed by atoms with Gasteiger partial charge in [0.15, 0.2) is 5.69 Å². The lowest BCUT2D eigenvalue weighted by molar-refractivity contribution is 0.0601. The standard InChI is InChI=1S/C17H20N2O4S/c1-4-10-5-6-11-13(8-10)24-16(14(11)17(21)22-3)18-15(20)12-7-9(2)23-19-12/h7,10H,4-6,8H2,1-3H3,(H,18,20)/t10-/m0/s1. The number of rotatable bonds is 4. The van der Waals surface area contributed by atoms with Crippen LogP contribution in [-0.4, -0.2) is 24.1 Å². The van der Waals surface area contributed by atoms with Crippen molar-refractivity contribution in [2.24, 2.45) is 5.92 Å². The van der Waals surface area contributed by atoms with Gasteiger partial charge in [0.05, 0.1) is 12.7 Å². The lowest BCUT2D eigenvalue weighted by Gasteiger charge is -2.20. The zero-order valence-corrected chi connectivity index (χ0v) is 14.8. The van der Waals surface area contributed by atoms with Gasteiger partial charge in [-0.3, -0.25) is 4.79 Å². The molecule has 1 aliphatic carbocycles. The largest absolute Gasteiger partial charge is 0.465 e. The maximum atomic E-state index is 12.3. The van der Waals surface area contributed by atoms with Crippen LogP contribution in [-0.2, 0) is 17.6 Å². The summed E-state index contributed by atoms with van der Waals surface area (Å²) in [6, 6.07) is 1.56. The van der Waals surface area contributed by atoms with Crippen LogP contribution in [0.3, 0.4) is 0 Å². The van der Waals surface area contributed by atoms with Crippen LogP contribution in [0.15, 0.2) is 10.6 Å². The van der Waals surface area contributed by atoms with Gasteiger partial charge in [-0.2, -0.15) is 0 Å². The average Bonchev–Trinajstić information content (AvgIpc) is 3.16. The van der Waals surface area contributed by atoms with Crippen LogP contribution in [0.2, 0.25) is 0 Å². The Kier molecular flexibility index (Phi) is 4.71. The van der Waals surface area contributed by atoms with E-state index in [1.165, 1.54) is 23.3 Å². The highest BCUT2D eigenvalue weighted by Crippen LogP contribution is 2.40. The molecule has 2 aromatic rings. The molecule has 0 aromatic carbocycles. The molecule has 3 rings (SSSR count). The van der Waals surface area contributed by atoms with Crippen LogP contribution in [0.4, 0.5) is 5.00 Å². The first-order valence-electron chi connectivity index (χ1n) is 8.01. The van der Waals surface area contributed by atoms with Gasteiger partial charge in [0, 0.05) is 10.9 Å². The van der Waals surface area contributed by atoms with Crippen molar-refractivity contribution in [1.82, 2.24) is 5.16 Å². The third kappa shape index (κ3) is 3.08. The normalized spacial score (nSPS) is 16.5. The third-order valence-electron chi connectivity index (χ3n) is 4.42. The summed E-state index contributed by atoms with van der Waals surface area (Å²) in [6.45, 7) is 3.90. The minimum Gasteiger partial charge on any atom is -0.465 e. The molecule has 7 heteroatoms. The lowest BCUT2D eigenvalue weighted by Crippen LogP contribution is -2.16. The molecule has 6 nitrogen and oxygen atoms in total. The molecule has 1 aliphatic rings. The number of esters is 1. The highest BCUT2D eigenvalue weighted by molar-refractivity contribution is 7.17. The number of carbonyl (C=O) groups excluding carboxylic acids is 2. The topological polar surface area (TPSA) is 81.4 Å². The predicted octanol–water partition coefficient (Wildman–Crippen LogP) is 3.60. The Morgan fingerprint density at radius 1 is 1.50 bits per heavy atom. The Morgan fingerprint density at radius 2 is 2.29 bits per heavy atom. The van der Waals surface area contributed by atoms with Crippen molar-refractivity contribution in [1.29, 1.82) is 0 Å². The van der Waals surface area contributed by atoms with Crippen molar-refractivity contribution >= 4 is 28.2 Å². The van der Waals surface area contributed by atoms with E-state index in [0.717, 1.165) is 31.2 Å². The molecule has 1 amide bonds. The number of hydrogen-bond acceptors (Lipinski definition) is 6. The minimum atomic E-state index is -0.408. The number of carbonyl (C=O) groups is 2. The number of nitrogens with zero attached hydrogens (tertiary/aromatic N) is 1. The minimum absolute atomic E-state index is 0.195. The number of fused-ring (bicyclic) bond motifs is 1.